The van der Waals surface area contributed by atoms with Gasteiger partial charge in [0, 0.05) is 23.7 Å². The van der Waals surface area contributed by atoms with Crippen LogP contribution < -0.4 is 5.32 Å². The number of carbonyl (C=O) groups is 3. The highest BCUT2D eigenvalue weighted by Crippen LogP contribution is 2.35. The number of carbonyl (C=O) groups excluding carboxylic acids is 3. The van der Waals surface area contributed by atoms with Crippen LogP contribution in [-0.4, -0.2) is 55.6 Å². The maximum atomic E-state index is 13.9. The van der Waals surface area contributed by atoms with Gasteiger partial charge in [-0.25, -0.2) is 4.39 Å². The first kappa shape index (κ1) is 30.1. The van der Waals surface area contributed by atoms with Gasteiger partial charge in [0.05, 0.1) is 26.4 Å². The highest BCUT2D eigenvalue weighted by Gasteiger charge is 2.34. The number of nitrogens with one attached hydrogen (secondary N) is 1. The monoisotopic (exact) mass is 661 g/mol. The predicted octanol–water partition coefficient (Wildman–Crippen LogP) is 6.98. The molecule has 5 rings (SSSR count). The lowest BCUT2D eigenvalue weighted by molar-refractivity contribution is -0.123. The molecule has 0 aliphatic carbocycles. The number of thioether (sulfide) groups is 2. The summed E-state index contributed by atoms with van der Waals surface area (Å²) in [6.45, 7) is 0.0959. The molecule has 14 heteroatoms. The summed E-state index contributed by atoms with van der Waals surface area (Å²) in [6.07, 6.45) is 1.66. The minimum Gasteiger partial charge on any atom is -0.354 e. The van der Waals surface area contributed by atoms with Crippen LogP contribution >= 0.6 is 58.3 Å². The molecule has 1 aliphatic heterocycles. The van der Waals surface area contributed by atoms with Gasteiger partial charge in [0.2, 0.25) is 5.91 Å². The molecule has 42 heavy (non-hydrogen) atoms. The van der Waals surface area contributed by atoms with E-state index < -0.39 is 17.0 Å². The summed E-state index contributed by atoms with van der Waals surface area (Å²) in [7, 11) is 0. The molecule has 3 aromatic carbocycles. The fourth-order valence-electron chi connectivity index (χ4n) is 3.95. The van der Waals surface area contributed by atoms with E-state index in [0.717, 1.165) is 34.0 Å². The average Bonchev–Trinajstić information content (AvgIpc) is 3.50. The fraction of sp³-hybridized carbons (Fsp3) is 0.107. The van der Waals surface area contributed by atoms with E-state index in [1.54, 1.807) is 28.8 Å². The Morgan fingerprint density at radius 1 is 1.00 bits per heavy atom. The van der Waals surface area contributed by atoms with Gasteiger partial charge in [-0.05, 0) is 59.8 Å². The first-order valence-corrected chi connectivity index (χ1v) is 15.2. The standard InChI is InChI=1S/C28H19Cl3FN5O3S2/c29-17-6-8-19(20(30)13-17)25-34-35-27(37(25)18-7-9-22(32)21(31)14-18)41-15-24(38)33-10-11-36-26(39)23(42-28(36)40)12-16-4-2-1-3-5-16/h1-9,12-14H,10-11,15H2,(H,33,38)/b23-12+. The van der Waals surface area contributed by atoms with E-state index in [2.05, 4.69) is 15.5 Å². The second-order valence-electron chi connectivity index (χ2n) is 8.75. The minimum atomic E-state index is -0.593. The van der Waals surface area contributed by atoms with E-state index in [0.29, 0.717) is 37.2 Å². The summed E-state index contributed by atoms with van der Waals surface area (Å²) in [6, 6.07) is 18.2. The molecule has 0 bridgehead atoms. The third-order valence-electron chi connectivity index (χ3n) is 5.93. The van der Waals surface area contributed by atoms with Crippen LogP contribution in [-0.2, 0) is 9.59 Å². The average molecular weight is 663 g/mol. The lowest BCUT2D eigenvalue weighted by Crippen LogP contribution is -2.37. The van der Waals surface area contributed by atoms with E-state index >= 15 is 0 Å². The number of hydrogen-bond donors (Lipinski definition) is 1. The summed E-state index contributed by atoms with van der Waals surface area (Å²) < 4.78 is 15.5. The number of benzene rings is 3. The van der Waals surface area contributed by atoms with Crippen molar-refractivity contribution in [2.24, 2.45) is 0 Å². The molecule has 1 fully saturated rings. The molecule has 1 aliphatic rings. The number of rotatable bonds is 9. The number of imide groups is 1. The summed E-state index contributed by atoms with van der Waals surface area (Å²) in [5.41, 5.74) is 1.78. The van der Waals surface area contributed by atoms with Gasteiger partial charge in [0.15, 0.2) is 11.0 Å². The third kappa shape index (κ3) is 6.82. The van der Waals surface area contributed by atoms with Gasteiger partial charge in [0.1, 0.15) is 5.82 Å². The lowest BCUT2D eigenvalue weighted by atomic mass is 10.2. The van der Waals surface area contributed by atoms with E-state index in [4.69, 9.17) is 34.8 Å². The first-order valence-electron chi connectivity index (χ1n) is 12.3. The number of nitrogens with zero attached hydrogens (tertiary/aromatic N) is 4. The largest absolute Gasteiger partial charge is 0.354 e. The van der Waals surface area contributed by atoms with Crippen molar-refractivity contribution in [1.29, 1.82) is 0 Å². The fourth-order valence-corrected chi connectivity index (χ4v) is 6.26. The Morgan fingerprint density at radius 2 is 1.79 bits per heavy atom. The molecule has 0 saturated carbocycles. The van der Waals surface area contributed by atoms with Crippen LogP contribution in [0.15, 0.2) is 76.8 Å². The Hall–Kier alpha value is -3.35. The molecular weight excluding hydrogens is 644 g/mol. The number of aromatic nitrogens is 3. The topological polar surface area (TPSA) is 97.2 Å². The van der Waals surface area contributed by atoms with E-state index in [1.165, 1.54) is 18.2 Å². The van der Waals surface area contributed by atoms with Crippen molar-refractivity contribution in [3.05, 3.63) is 98.1 Å². The molecular formula is C28H19Cl3FN5O3S2. The molecule has 3 amide bonds. The van der Waals surface area contributed by atoms with E-state index in [1.807, 2.05) is 30.3 Å². The third-order valence-corrected chi connectivity index (χ3v) is 8.60. The zero-order valence-corrected chi connectivity index (χ0v) is 25.3. The van der Waals surface area contributed by atoms with Gasteiger partial charge in [-0.2, -0.15) is 0 Å². The molecule has 0 spiro atoms. The molecule has 0 unspecified atom stereocenters. The van der Waals surface area contributed by atoms with Crippen LogP contribution in [0.3, 0.4) is 0 Å². The van der Waals surface area contributed by atoms with E-state index in [-0.39, 0.29) is 29.8 Å². The Balaban J connectivity index is 1.25. The summed E-state index contributed by atoms with van der Waals surface area (Å²) in [5, 5.41) is 11.8. The van der Waals surface area contributed by atoms with E-state index in [9.17, 15) is 18.8 Å². The Morgan fingerprint density at radius 3 is 2.52 bits per heavy atom. The van der Waals surface area contributed by atoms with Crippen molar-refractivity contribution < 1.29 is 18.8 Å². The van der Waals surface area contributed by atoms with Gasteiger partial charge in [-0.3, -0.25) is 23.9 Å². The van der Waals surface area contributed by atoms with Crippen molar-refractivity contribution >= 4 is 81.5 Å². The number of hydrogen-bond acceptors (Lipinski definition) is 7. The van der Waals surface area contributed by atoms with Crippen LogP contribution in [0.1, 0.15) is 5.56 Å². The van der Waals surface area contributed by atoms with Crippen LogP contribution in [0.5, 0.6) is 0 Å². The van der Waals surface area contributed by atoms with Crippen molar-refractivity contribution in [2.45, 2.75) is 5.16 Å². The molecule has 1 N–H and O–H groups in total. The predicted molar refractivity (Wildman–Crippen MR) is 165 cm³/mol. The highest BCUT2D eigenvalue weighted by atomic mass is 35.5. The van der Waals surface area contributed by atoms with Gasteiger partial charge < -0.3 is 5.32 Å². The molecule has 0 radical (unpaired) electrons. The quantitative estimate of drug-likeness (QED) is 0.153. The molecule has 2 heterocycles. The van der Waals surface area contributed by atoms with Crippen molar-refractivity contribution in [3.8, 4) is 17.1 Å². The molecule has 0 atom stereocenters. The van der Waals surface area contributed by atoms with Crippen molar-refractivity contribution in [3.63, 3.8) is 0 Å². The highest BCUT2D eigenvalue weighted by molar-refractivity contribution is 8.18. The van der Waals surface area contributed by atoms with Gasteiger partial charge in [0.25, 0.3) is 11.1 Å². The Labute approximate surface area is 263 Å². The summed E-state index contributed by atoms with van der Waals surface area (Å²) in [4.78, 5) is 39.2. The Bertz CT molecular complexity index is 1720. The number of amides is 3. The SMILES string of the molecule is O=C(CSc1nnc(-c2ccc(Cl)cc2Cl)n1-c1ccc(F)c(Cl)c1)NCCN1C(=O)S/C(=C/c2ccccc2)C1=O. The molecule has 8 nitrogen and oxygen atoms in total. The van der Waals surface area contributed by atoms with Gasteiger partial charge in [-0.15, -0.1) is 10.2 Å². The van der Waals surface area contributed by atoms with Crippen molar-refractivity contribution in [1.82, 2.24) is 25.0 Å². The smallest absolute Gasteiger partial charge is 0.293 e. The van der Waals surface area contributed by atoms with Crippen LogP contribution in [0, 0.1) is 5.82 Å². The van der Waals surface area contributed by atoms with Gasteiger partial charge >= 0.3 is 0 Å². The lowest BCUT2D eigenvalue weighted by Gasteiger charge is -2.13. The minimum absolute atomic E-state index is 0.0245. The zero-order valence-electron chi connectivity index (χ0n) is 21.4. The molecule has 4 aromatic rings. The summed E-state index contributed by atoms with van der Waals surface area (Å²) in [5.74, 6) is -1.08. The maximum absolute atomic E-state index is 13.9. The molecule has 214 valence electrons. The van der Waals surface area contributed by atoms with Crippen LogP contribution in [0.25, 0.3) is 23.2 Å². The molecule has 1 saturated heterocycles. The summed E-state index contributed by atoms with van der Waals surface area (Å²) >= 11 is 20.5. The number of halogens is 4. The Kier molecular flexibility index (Phi) is 9.54. The second kappa shape index (κ2) is 13.3. The second-order valence-corrected chi connectivity index (χ2v) is 11.9. The van der Waals surface area contributed by atoms with Gasteiger partial charge in [-0.1, -0.05) is 76.9 Å². The van der Waals surface area contributed by atoms with Crippen LogP contribution in [0.2, 0.25) is 15.1 Å². The maximum Gasteiger partial charge on any atom is 0.293 e. The first-order chi connectivity index (χ1) is 20.2. The normalized spacial score (nSPS) is 14.2. The van der Waals surface area contributed by atoms with Crippen LogP contribution in [0.4, 0.5) is 9.18 Å². The molecule has 1 aromatic heterocycles. The zero-order chi connectivity index (χ0) is 29.8. The van der Waals surface area contributed by atoms with Crippen molar-refractivity contribution in [2.75, 3.05) is 18.8 Å².